The van der Waals surface area contributed by atoms with Crippen LogP contribution in [-0.2, 0) is 10.4 Å². The summed E-state index contributed by atoms with van der Waals surface area (Å²) in [6, 6.07) is 3.35. The van der Waals surface area contributed by atoms with Crippen LogP contribution in [0.4, 0.5) is 0 Å². The summed E-state index contributed by atoms with van der Waals surface area (Å²) in [6.07, 6.45) is -2.42. The number of aliphatic hydroxyl groups excluding tert-OH is 3. The molecule has 4 rings (SSSR count). The molecule has 0 aromatic carbocycles. The summed E-state index contributed by atoms with van der Waals surface area (Å²) in [4.78, 5) is 14.5. The lowest BCUT2D eigenvalue weighted by atomic mass is 9.99. The minimum absolute atomic E-state index is 0.0221. The van der Waals surface area contributed by atoms with E-state index in [1.54, 1.807) is 12.1 Å². The zero-order valence-corrected chi connectivity index (χ0v) is 15.5. The summed E-state index contributed by atoms with van der Waals surface area (Å²) in [5.41, 5.74) is 11.6. The van der Waals surface area contributed by atoms with Crippen molar-refractivity contribution in [3.8, 4) is 0 Å². The molecule has 3 aliphatic rings. The van der Waals surface area contributed by atoms with Gasteiger partial charge in [0.1, 0.15) is 30.7 Å². The maximum absolute atomic E-state index is 10.4. The number of halogens is 1. The van der Waals surface area contributed by atoms with Crippen LogP contribution in [0.2, 0.25) is 0 Å². The lowest BCUT2D eigenvalue weighted by Gasteiger charge is -2.39. The molecule has 26 heavy (non-hydrogen) atoms. The van der Waals surface area contributed by atoms with Gasteiger partial charge in [-0.3, -0.25) is 21.4 Å². The van der Waals surface area contributed by atoms with E-state index in [2.05, 4.69) is 15.0 Å². The van der Waals surface area contributed by atoms with E-state index in [0.29, 0.717) is 15.3 Å². The first-order valence-electron chi connectivity index (χ1n) is 7.75. The van der Waals surface area contributed by atoms with Crippen LogP contribution >= 0.6 is 22.6 Å². The third kappa shape index (κ3) is 2.37. The minimum Gasteiger partial charge on any atom is -0.465 e. The van der Waals surface area contributed by atoms with Gasteiger partial charge in [-0.05, 0) is 12.1 Å². The number of rotatable bonds is 3. The predicted octanol–water partition coefficient (Wildman–Crippen LogP) is -1.97. The number of hydrogen-bond donors (Lipinski definition) is 5. The lowest BCUT2D eigenvalue weighted by molar-refractivity contribution is -0.156. The van der Waals surface area contributed by atoms with E-state index in [4.69, 9.17) is 20.6 Å². The van der Waals surface area contributed by atoms with E-state index in [1.165, 1.54) is 11.2 Å². The molecule has 0 bridgehead atoms. The predicted molar refractivity (Wildman–Crippen MR) is 98.5 cm³/mol. The van der Waals surface area contributed by atoms with E-state index >= 15 is 0 Å². The molecule has 11 nitrogen and oxygen atoms in total. The van der Waals surface area contributed by atoms with Crippen molar-refractivity contribution in [3.63, 3.8) is 0 Å². The van der Waals surface area contributed by atoms with Gasteiger partial charge < -0.3 is 24.5 Å². The molecule has 3 aliphatic heterocycles. The van der Waals surface area contributed by atoms with E-state index in [-0.39, 0.29) is 12.5 Å². The van der Waals surface area contributed by atoms with Gasteiger partial charge in [0.2, 0.25) is 11.5 Å². The van der Waals surface area contributed by atoms with Crippen LogP contribution in [0.5, 0.6) is 0 Å². The fourth-order valence-electron chi connectivity index (χ4n) is 3.26. The number of aliphatic imine (C=N–C) groups is 3. The Morgan fingerprint density at radius 1 is 1.38 bits per heavy atom. The number of furan rings is 1. The fourth-order valence-corrected chi connectivity index (χ4v) is 3.87. The Kier molecular flexibility index (Phi) is 4.18. The minimum atomic E-state index is -1.84. The maximum Gasteiger partial charge on any atom is 0.228 e. The van der Waals surface area contributed by atoms with Gasteiger partial charge in [-0.15, -0.1) is 0 Å². The highest BCUT2D eigenvalue weighted by atomic mass is 127. The Bertz CT molecular complexity index is 813. The highest BCUT2D eigenvalue weighted by Crippen LogP contribution is 2.37. The quantitative estimate of drug-likeness (QED) is 0.247. The monoisotopic (exact) mass is 476 g/mol. The standard InChI is InChI=1S/C14H17IN6O5/c15-12-19-11-9(13(16,20-12)7-2-1-3-25-7)18-5-21(11)14(17)10(24)8(23)6(4-22)26-14/h1-3,6,8,10,22-24H,4-5,16-17H2/t6-,8-,10-,13?,14+/m1/s1. The van der Waals surface area contributed by atoms with Gasteiger partial charge in [-0.25, -0.2) is 9.98 Å². The zero-order valence-electron chi connectivity index (χ0n) is 13.4. The van der Waals surface area contributed by atoms with Gasteiger partial charge in [-0.1, -0.05) is 0 Å². The summed E-state index contributed by atoms with van der Waals surface area (Å²) in [5.74, 6) is -1.21. The van der Waals surface area contributed by atoms with Crippen molar-refractivity contribution in [1.82, 2.24) is 4.90 Å². The molecule has 1 aromatic rings. The molecule has 0 radical (unpaired) electrons. The fraction of sp³-hybridized carbons (Fsp3) is 0.500. The molecule has 0 spiro atoms. The smallest absolute Gasteiger partial charge is 0.228 e. The molecular formula is C14H17IN6O5. The van der Waals surface area contributed by atoms with Crippen molar-refractivity contribution in [1.29, 1.82) is 0 Å². The van der Waals surface area contributed by atoms with Crippen molar-refractivity contribution in [2.75, 3.05) is 13.3 Å². The number of nitrogens with two attached hydrogens (primary N) is 2. The molecule has 5 atom stereocenters. The molecule has 1 fully saturated rings. The summed E-state index contributed by atoms with van der Waals surface area (Å²) in [7, 11) is 0. The molecule has 0 saturated carbocycles. The number of aliphatic hydroxyl groups is 3. The van der Waals surface area contributed by atoms with Gasteiger partial charge in [0.05, 0.1) is 12.9 Å². The molecule has 140 valence electrons. The van der Waals surface area contributed by atoms with Gasteiger partial charge in [0.25, 0.3) is 0 Å². The second kappa shape index (κ2) is 6.05. The molecule has 7 N–H and O–H groups in total. The van der Waals surface area contributed by atoms with Crippen LogP contribution in [0.1, 0.15) is 5.76 Å². The molecule has 1 aromatic heterocycles. The van der Waals surface area contributed by atoms with Gasteiger partial charge in [-0.2, -0.15) is 0 Å². The van der Waals surface area contributed by atoms with Crippen LogP contribution in [0.3, 0.4) is 0 Å². The molecule has 4 heterocycles. The van der Waals surface area contributed by atoms with Crippen molar-refractivity contribution < 1.29 is 24.5 Å². The van der Waals surface area contributed by atoms with Gasteiger partial charge >= 0.3 is 0 Å². The Hall–Kier alpha value is -1.42. The van der Waals surface area contributed by atoms with Crippen molar-refractivity contribution in [2.24, 2.45) is 26.4 Å². The molecule has 12 heteroatoms. The lowest BCUT2D eigenvalue weighted by Crippen LogP contribution is -2.66. The van der Waals surface area contributed by atoms with Crippen molar-refractivity contribution >= 4 is 38.0 Å². The first kappa shape index (κ1) is 18.0. The first-order valence-corrected chi connectivity index (χ1v) is 8.82. The Labute approximate surface area is 161 Å². The normalized spacial score (nSPS) is 39.5. The number of fused-ring (bicyclic) bond motifs is 1. The number of hydrogen-bond acceptors (Lipinski definition) is 11. The number of amidine groups is 2. The van der Waals surface area contributed by atoms with Gasteiger partial charge in [0.15, 0.2) is 15.4 Å². The topological polar surface area (TPSA) is 175 Å². The average molecular weight is 476 g/mol. The summed E-state index contributed by atoms with van der Waals surface area (Å²) in [6.45, 7) is -0.525. The van der Waals surface area contributed by atoms with Crippen LogP contribution in [0.25, 0.3) is 0 Å². The summed E-state index contributed by atoms with van der Waals surface area (Å²) in [5, 5.41) is 29.8. The summed E-state index contributed by atoms with van der Waals surface area (Å²) >= 11 is 1.91. The first-order chi connectivity index (χ1) is 12.3. The zero-order chi connectivity index (χ0) is 18.7. The van der Waals surface area contributed by atoms with Crippen LogP contribution in [-0.4, -0.2) is 73.0 Å². The van der Waals surface area contributed by atoms with Crippen molar-refractivity contribution in [2.45, 2.75) is 29.8 Å². The number of ether oxygens (including phenoxy) is 1. The molecule has 1 unspecified atom stereocenters. The van der Waals surface area contributed by atoms with Crippen LogP contribution in [0.15, 0.2) is 37.8 Å². The average Bonchev–Trinajstić information content (AvgIpc) is 3.31. The van der Waals surface area contributed by atoms with E-state index in [9.17, 15) is 15.3 Å². The Morgan fingerprint density at radius 3 is 2.77 bits per heavy atom. The number of nitrogens with zero attached hydrogens (tertiary/aromatic N) is 4. The largest absolute Gasteiger partial charge is 0.465 e. The van der Waals surface area contributed by atoms with Crippen molar-refractivity contribution in [3.05, 3.63) is 24.2 Å². The highest BCUT2D eigenvalue weighted by Gasteiger charge is 2.59. The molecule has 0 aliphatic carbocycles. The van der Waals surface area contributed by atoms with Gasteiger partial charge in [0, 0.05) is 22.6 Å². The van der Waals surface area contributed by atoms with E-state index < -0.39 is 36.4 Å². The Morgan fingerprint density at radius 2 is 2.15 bits per heavy atom. The third-order valence-corrected chi connectivity index (χ3v) is 5.11. The van der Waals surface area contributed by atoms with Crippen LogP contribution in [0, 0.1) is 0 Å². The van der Waals surface area contributed by atoms with Crippen LogP contribution < -0.4 is 11.5 Å². The molecule has 0 amide bonds. The van der Waals surface area contributed by atoms with E-state index in [1.807, 2.05) is 22.6 Å². The second-order valence-corrected chi connectivity index (χ2v) is 7.13. The second-order valence-electron chi connectivity index (χ2n) is 6.16. The SMILES string of the molecule is NC1(c2ccco2)N=C(I)N=C2C1=NCN2[C@]1(N)O[C@H](CO)[C@@H](O)[C@H]1O. The van der Waals surface area contributed by atoms with E-state index in [0.717, 1.165) is 0 Å². The molecule has 1 saturated heterocycles. The summed E-state index contributed by atoms with van der Waals surface area (Å²) < 4.78 is 11.3. The third-order valence-electron chi connectivity index (χ3n) is 4.63. The highest BCUT2D eigenvalue weighted by molar-refractivity contribution is 14.1. The molecular weight excluding hydrogens is 459 g/mol. The maximum atomic E-state index is 10.4. The Balaban J connectivity index is 1.73.